The number of hydrogen-bond acceptors (Lipinski definition) is 6. The quantitative estimate of drug-likeness (QED) is 0.188. The van der Waals surface area contributed by atoms with E-state index < -0.39 is 27.4 Å². The van der Waals surface area contributed by atoms with Gasteiger partial charge in [-0.2, -0.15) is 0 Å². The summed E-state index contributed by atoms with van der Waals surface area (Å²) < 4.78 is 32.0. The summed E-state index contributed by atoms with van der Waals surface area (Å²) in [7, 11) is 1.41. The second-order valence-electron chi connectivity index (χ2n) is 8.25. The van der Waals surface area contributed by atoms with Crippen molar-refractivity contribution < 1.29 is 43.3 Å². The minimum atomic E-state index is -0.867. The molecule has 1 unspecified atom stereocenters. The number of aromatic nitrogens is 2. The van der Waals surface area contributed by atoms with Crippen LogP contribution in [0, 0.1) is 5.82 Å². The second kappa shape index (κ2) is 9.34. The first kappa shape index (κ1) is 22.7. The van der Waals surface area contributed by atoms with E-state index >= 15 is 0 Å². The molecule has 8 nitrogen and oxygen atoms in total. The molecule has 2 aromatic carbocycles. The van der Waals surface area contributed by atoms with Gasteiger partial charge in [0, 0.05) is 0 Å². The number of halogens is 2. The van der Waals surface area contributed by atoms with Crippen LogP contribution in [0.3, 0.4) is 0 Å². The number of rotatable bonds is 3. The molecule has 1 atom stereocenters. The molecule has 36 heavy (non-hydrogen) atoms. The monoisotopic (exact) mass is 599 g/mol. The van der Waals surface area contributed by atoms with Crippen LogP contribution in [0.4, 0.5) is 15.8 Å². The summed E-state index contributed by atoms with van der Waals surface area (Å²) in [6.07, 6.45) is 3.88. The summed E-state index contributed by atoms with van der Waals surface area (Å²) in [5.41, 5.74) is 4.42. The molecular weight excluding hydrogens is 578 g/mol. The molecule has 0 fully saturated rings. The summed E-state index contributed by atoms with van der Waals surface area (Å²) in [6.45, 7) is 0.288. The zero-order valence-corrected chi connectivity index (χ0v) is 21.3. The zero-order valence-electron chi connectivity index (χ0n) is 19.1. The van der Waals surface area contributed by atoms with Gasteiger partial charge in [-0.1, -0.05) is 0 Å². The summed E-state index contributed by atoms with van der Waals surface area (Å²) in [6, 6.07) is 14.2. The van der Waals surface area contributed by atoms with Crippen molar-refractivity contribution in [1.29, 1.82) is 0 Å². The number of benzene rings is 2. The molecular formula is C26H21FIN4O4-. The Kier molecular flexibility index (Phi) is 5.88. The normalized spacial score (nSPS) is 16.4. The Balaban J connectivity index is 1.53. The molecule has 2 aliphatic rings. The number of alkyl halides is 1. The molecule has 1 amide bonds. The number of methoxy groups -OCH3 is 1. The molecule has 4 aromatic rings. The summed E-state index contributed by atoms with van der Waals surface area (Å²) in [4.78, 5) is 21.1. The Morgan fingerprint density at radius 1 is 1.17 bits per heavy atom. The Morgan fingerprint density at radius 2 is 2.06 bits per heavy atom. The number of anilines is 2. The van der Waals surface area contributed by atoms with Gasteiger partial charge in [0.15, 0.2) is 0 Å². The van der Waals surface area contributed by atoms with Crippen molar-refractivity contribution in [2.24, 2.45) is 0 Å². The molecule has 3 N–H and O–H groups in total. The Labute approximate surface area is 217 Å². The van der Waals surface area contributed by atoms with Crippen molar-refractivity contribution in [3.05, 3.63) is 83.6 Å². The third-order valence-electron chi connectivity index (χ3n) is 6.05. The van der Waals surface area contributed by atoms with Crippen molar-refractivity contribution in [1.82, 2.24) is 15.3 Å². The van der Waals surface area contributed by atoms with Crippen molar-refractivity contribution in [2.45, 2.75) is 17.1 Å². The first-order valence-corrected chi connectivity index (χ1v) is 13.4. The van der Waals surface area contributed by atoms with Crippen LogP contribution in [0.25, 0.3) is 11.3 Å². The van der Waals surface area contributed by atoms with E-state index in [4.69, 9.17) is 12.5 Å². The molecule has 3 bridgehead atoms. The van der Waals surface area contributed by atoms with Crippen molar-refractivity contribution in [3.63, 3.8) is 0 Å². The Hall–Kier alpha value is -3.80. The van der Waals surface area contributed by atoms with Gasteiger partial charge in [-0.15, -0.1) is 0 Å². The number of fused-ring (bicyclic) bond motifs is 5. The zero-order chi connectivity index (χ0) is 24.6. The van der Waals surface area contributed by atoms with Crippen LogP contribution in [-0.4, -0.2) is 27.0 Å². The fourth-order valence-corrected chi connectivity index (χ4v) is 6.43. The number of pyridine rings is 1. The molecule has 2 aliphatic heterocycles. The van der Waals surface area contributed by atoms with Gasteiger partial charge in [0.05, 0.1) is 0 Å². The van der Waals surface area contributed by atoms with Crippen molar-refractivity contribution in [2.75, 3.05) is 12.4 Å². The van der Waals surface area contributed by atoms with Crippen LogP contribution in [0.15, 0.2) is 60.9 Å². The topological polar surface area (TPSA) is 97.5 Å². The van der Waals surface area contributed by atoms with E-state index in [-0.39, 0.29) is 22.3 Å². The molecule has 0 spiro atoms. The minimum absolute atomic E-state index is 0.0592. The SMILES string of the molecule is COc1c(F)cccc1Nc1c2[nH]c3c1C(=O)NC(C3)[I-]Oc1ccccc1COc1cnccc1-2. The summed E-state index contributed by atoms with van der Waals surface area (Å²) >= 11 is -0.867. The van der Waals surface area contributed by atoms with Gasteiger partial charge in [-0.25, -0.2) is 0 Å². The van der Waals surface area contributed by atoms with Crippen LogP contribution in [-0.2, 0) is 13.0 Å². The first-order valence-electron chi connectivity index (χ1n) is 11.2. The van der Waals surface area contributed by atoms with Crippen LogP contribution < -0.4 is 44.8 Å². The van der Waals surface area contributed by atoms with E-state index in [0.29, 0.717) is 40.4 Å². The number of H-pyrrole nitrogens is 1. The number of hydrogen-bond donors (Lipinski definition) is 3. The fourth-order valence-electron chi connectivity index (χ4n) is 4.39. The van der Waals surface area contributed by atoms with E-state index in [1.807, 2.05) is 30.3 Å². The Bertz CT molecular complexity index is 1470. The number of ether oxygens (including phenoxy) is 2. The van der Waals surface area contributed by atoms with Crippen LogP contribution in [0.2, 0.25) is 0 Å². The first-order chi connectivity index (χ1) is 17.6. The third kappa shape index (κ3) is 4.00. The fraction of sp³-hybridized carbons (Fsp3) is 0.154. The number of amides is 1. The molecule has 2 aromatic heterocycles. The summed E-state index contributed by atoms with van der Waals surface area (Å²) in [5.74, 6) is 0.609. The van der Waals surface area contributed by atoms with Gasteiger partial charge in [0.25, 0.3) is 0 Å². The average Bonchev–Trinajstić information content (AvgIpc) is 3.25. The van der Waals surface area contributed by atoms with Crippen LogP contribution >= 0.6 is 0 Å². The standard InChI is InChI=1S/C26H21FIN4O4/c1-34-25-16(27)6-4-7-17(25)30-24-22-18-11-21(32-26(22)33)28-36-19-8-3-2-5-14(19)13-35-20-12-29-10-9-15(20)23(24)31-18/h2-10,12,21,30-31H,11,13H2,1H3,(H,32,33)/q-1. The third-order valence-corrected chi connectivity index (χ3v) is 8.15. The second-order valence-corrected chi connectivity index (χ2v) is 10.7. The molecule has 6 rings (SSSR count). The number of para-hydroxylation sites is 2. The number of nitrogens with one attached hydrogen (secondary N) is 3. The van der Waals surface area contributed by atoms with Crippen LogP contribution in [0.1, 0.15) is 21.6 Å². The molecule has 0 saturated carbocycles. The molecule has 4 heterocycles. The molecule has 184 valence electrons. The van der Waals surface area contributed by atoms with Gasteiger partial charge in [-0.05, 0) is 0 Å². The number of nitrogens with zero attached hydrogens (tertiary/aromatic N) is 1. The van der Waals surface area contributed by atoms with Crippen molar-refractivity contribution in [3.8, 4) is 28.5 Å². The van der Waals surface area contributed by atoms with Gasteiger partial charge < -0.3 is 0 Å². The van der Waals surface area contributed by atoms with Gasteiger partial charge in [-0.3, -0.25) is 0 Å². The predicted molar refractivity (Wildman–Crippen MR) is 127 cm³/mol. The molecule has 10 heteroatoms. The van der Waals surface area contributed by atoms with E-state index in [2.05, 4.69) is 20.6 Å². The number of carbonyl (C=O) groups is 1. The molecule has 0 aliphatic carbocycles. The van der Waals surface area contributed by atoms with Crippen molar-refractivity contribution >= 4 is 17.3 Å². The Morgan fingerprint density at radius 3 is 2.94 bits per heavy atom. The summed E-state index contributed by atoms with van der Waals surface area (Å²) in [5, 5.41) is 6.36. The van der Waals surface area contributed by atoms with Crippen LogP contribution in [0.5, 0.6) is 17.2 Å². The van der Waals surface area contributed by atoms with E-state index in [1.54, 1.807) is 24.5 Å². The molecule has 0 radical (unpaired) electrons. The maximum atomic E-state index is 14.5. The van der Waals surface area contributed by atoms with E-state index in [0.717, 1.165) is 17.0 Å². The predicted octanol–water partition coefficient (Wildman–Crippen LogP) is 1.56. The van der Waals surface area contributed by atoms with Gasteiger partial charge in [0.1, 0.15) is 0 Å². The van der Waals surface area contributed by atoms with Gasteiger partial charge >= 0.3 is 217 Å². The van der Waals surface area contributed by atoms with Gasteiger partial charge in [0.2, 0.25) is 0 Å². The molecule has 0 saturated heterocycles. The number of carbonyl (C=O) groups excluding carboxylic acids is 1. The number of aromatic amines is 1. The van der Waals surface area contributed by atoms with E-state index in [1.165, 1.54) is 13.2 Å². The maximum absolute atomic E-state index is 14.5. The average molecular weight is 599 g/mol. The van der Waals surface area contributed by atoms with E-state index in [9.17, 15) is 9.18 Å².